The van der Waals surface area contributed by atoms with Gasteiger partial charge in [-0.25, -0.2) is 4.99 Å². The van der Waals surface area contributed by atoms with E-state index >= 15 is 0 Å². The molecule has 0 radical (unpaired) electrons. The van der Waals surface area contributed by atoms with E-state index in [0.717, 1.165) is 43.4 Å². The first-order chi connectivity index (χ1) is 15.5. The Kier molecular flexibility index (Phi) is 5.76. The Hall–Kier alpha value is -2.66. The molecule has 1 saturated heterocycles. The van der Waals surface area contributed by atoms with E-state index in [0.29, 0.717) is 5.92 Å². The monoisotopic (exact) mass is 429 g/mol. The van der Waals surface area contributed by atoms with Crippen molar-refractivity contribution in [2.24, 2.45) is 15.9 Å². The van der Waals surface area contributed by atoms with Gasteiger partial charge in [-0.15, -0.1) is 0 Å². The highest BCUT2D eigenvalue weighted by atomic mass is 15.3. The third-order valence-electron chi connectivity index (χ3n) is 7.30. The molecule has 0 atom stereocenters. The van der Waals surface area contributed by atoms with E-state index in [1.807, 2.05) is 7.05 Å². The Bertz CT molecular complexity index is 1010. The second-order valence-corrected chi connectivity index (χ2v) is 9.63. The normalized spacial score (nSPS) is 24.7. The summed E-state index contributed by atoms with van der Waals surface area (Å²) in [6.07, 6.45) is 17.3. The fourth-order valence-electron chi connectivity index (χ4n) is 4.69. The number of rotatable bonds is 5. The summed E-state index contributed by atoms with van der Waals surface area (Å²) in [5.41, 5.74) is 8.48. The van der Waals surface area contributed by atoms with Gasteiger partial charge in [-0.05, 0) is 93.0 Å². The van der Waals surface area contributed by atoms with Crippen LogP contribution in [-0.2, 0) is 0 Å². The molecule has 0 aromatic rings. The van der Waals surface area contributed by atoms with Crippen molar-refractivity contribution >= 4 is 11.5 Å². The predicted octanol–water partition coefficient (Wildman–Crippen LogP) is 4.66. The summed E-state index contributed by atoms with van der Waals surface area (Å²) < 4.78 is 0. The molecule has 5 heteroatoms. The topological polar surface area (TPSA) is 34.4 Å². The zero-order valence-corrected chi connectivity index (χ0v) is 19.8. The molecule has 3 fully saturated rings. The summed E-state index contributed by atoms with van der Waals surface area (Å²) >= 11 is 0. The van der Waals surface area contributed by atoms with Gasteiger partial charge in [0.2, 0.25) is 0 Å². The van der Waals surface area contributed by atoms with Gasteiger partial charge in [0, 0.05) is 45.1 Å². The van der Waals surface area contributed by atoms with Crippen LogP contribution in [0.2, 0.25) is 0 Å². The van der Waals surface area contributed by atoms with Crippen LogP contribution in [0, 0.1) is 5.92 Å². The zero-order chi connectivity index (χ0) is 22.2. The highest BCUT2D eigenvalue weighted by molar-refractivity contribution is 6.12. The van der Waals surface area contributed by atoms with Gasteiger partial charge in [-0.2, -0.15) is 0 Å². The maximum Gasteiger partial charge on any atom is 0.137 e. The lowest BCUT2D eigenvalue weighted by Crippen LogP contribution is -2.44. The molecular weight excluding hydrogens is 394 g/mol. The number of likely N-dealkylation sites (N-methyl/N-ethyl adjacent to an activating group) is 1. The number of hydrogen-bond donors (Lipinski definition) is 0. The third kappa shape index (κ3) is 4.18. The molecule has 3 heterocycles. The number of amidine groups is 1. The minimum atomic E-state index is 0.665. The molecule has 2 saturated carbocycles. The molecule has 0 bridgehead atoms. The second-order valence-electron chi connectivity index (χ2n) is 9.63. The molecule has 168 valence electrons. The molecule has 0 unspecified atom stereocenters. The number of hydrogen-bond acceptors (Lipinski definition) is 5. The highest BCUT2D eigenvalue weighted by Gasteiger charge is 2.29. The minimum Gasteiger partial charge on any atom is -0.368 e. The van der Waals surface area contributed by atoms with Crippen LogP contribution in [0.4, 0.5) is 0 Å². The van der Waals surface area contributed by atoms with Crippen molar-refractivity contribution in [3.63, 3.8) is 0 Å². The standard InChI is InChI=1S/C27H35N5/c1-19(20(2)21-8-9-21)16-24(28-3)25-17-26(22-6-5-7-22)32-18-23(10-11-27(32)29-25)31-14-12-30(4)13-15-31/h10-11,16-18,21H,2,5-9,12-15H2,1,3-4H3/b19-16+,28-24+. The van der Waals surface area contributed by atoms with Crippen LogP contribution in [0.3, 0.4) is 0 Å². The van der Waals surface area contributed by atoms with Crippen LogP contribution in [0.15, 0.2) is 80.9 Å². The smallest absolute Gasteiger partial charge is 0.137 e. The van der Waals surface area contributed by atoms with Crippen LogP contribution < -0.4 is 0 Å². The van der Waals surface area contributed by atoms with Gasteiger partial charge in [-0.1, -0.05) is 6.58 Å². The molecule has 5 rings (SSSR count). The fraction of sp³-hybridized carbons (Fsp3) is 0.481. The van der Waals surface area contributed by atoms with Gasteiger partial charge in [0.05, 0.1) is 17.1 Å². The summed E-state index contributed by atoms with van der Waals surface area (Å²) in [5, 5.41) is 0. The lowest BCUT2D eigenvalue weighted by Gasteiger charge is -2.38. The van der Waals surface area contributed by atoms with Crippen LogP contribution in [0.5, 0.6) is 0 Å². The number of aliphatic imine (C=N–C) groups is 2. The molecule has 2 aliphatic carbocycles. The summed E-state index contributed by atoms with van der Waals surface area (Å²) in [5.74, 6) is 1.65. The Morgan fingerprint density at radius 1 is 1.16 bits per heavy atom. The first kappa shape index (κ1) is 21.2. The van der Waals surface area contributed by atoms with Crippen molar-refractivity contribution in [3.8, 4) is 0 Å². The van der Waals surface area contributed by atoms with Crippen molar-refractivity contribution < 1.29 is 0 Å². The minimum absolute atomic E-state index is 0.665. The van der Waals surface area contributed by atoms with Crippen molar-refractivity contribution in [1.82, 2.24) is 14.7 Å². The molecule has 3 aliphatic heterocycles. The van der Waals surface area contributed by atoms with Crippen molar-refractivity contribution in [2.45, 2.75) is 39.0 Å². The average molecular weight is 430 g/mol. The van der Waals surface area contributed by atoms with Gasteiger partial charge in [0.25, 0.3) is 0 Å². The number of piperazine rings is 1. The maximum atomic E-state index is 5.04. The third-order valence-corrected chi connectivity index (χ3v) is 7.30. The quantitative estimate of drug-likeness (QED) is 0.471. The molecule has 0 N–H and O–H groups in total. The van der Waals surface area contributed by atoms with Gasteiger partial charge in [0.15, 0.2) is 0 Å². The zero-order valence-electron chi connectivity index (χ0n) is 19.8. The molecule has 0 aromatic carbocycles. The largest absolute Gasteiger partial charge is 0.368 e. The molecule has 0 spiro atoms. The molecule has 0 aromatic heterocycles. The second kappa shape index (κ2) is 8.70. The Balaban J connectivity index is 1.44. The fourth-order valence-corrected chi connectivity index (χ4v) is 4.69. The van der Waals surface area contributed by atoms with E-state index in [1.165, 1.54) is 60.2 Å². The van der Waals surface area contributed by atoms with E-state index in [-0.39, 0.29) is 0 Å². The van der Waals surface area contributed by atoms with Crippen LogP contribution in [0.25, 0.3) is 0 Å². The van der Waals surface area contributed by atoms with Gasteiger partial charge >= 0.3 is 0 Å². The Morgan fingerprint density at radius 2 is 1.91 bits per heavy atom. The van der Waals surface area contributed by atoms with Crippen LogP contribution in [-0.4, -0.2) is 66.5 Å². The van der Waals surface area contributed by atoms with Gasteiger partial charge < -0.3 is 9.80 Å². The van der Waals surface area contributed by atoms with E-state index in [1.54, 1.807) is 0 Å². The van der Waals surface area contributed by atoms with Crippen LogP contribution >= 0.6 is 0 Å². The van der Waals surface area contributed by atoms with E-state index < -0.39 is 0 Å². The molecular formula is C27H35N5. The van der Waals surface area contributed by atoms with Crippen molar-refractivity contribution in [1.29, 1.82) is 0 Å². The first-order valence-corrected chi connectivity index (χ1v) is 12.0. The highest BCUT2D eigenvalue weighted by Crippen LogP contribution is 2.39. The van der Waals surface area contributed by atoms with Crippen molar-refractivity contribution in [2.75, 3.05) is 40.3 Å². The predicted molar refractivity (Wildman–Crippen MR) is 134 cm³/mol. The lowest BCUT2D eigenvalue weighted by molar-refractivity contribution is 0.188. The van der Waals surface area contributed by atoms with Gasteiger partial charge in [0.1, 0.15) is 5.84 Å². The van der Waals surface area contributed by atoms with Gasteiger partial charge in [-0.3, -0.25) is 9.89 Å². The molecule has 5 nitrogen and oxygen atoms in total. The first-order valence-electron chi connectivity index (χ1n) is 12.0. The summed E-state index contributed by atoms with van der Waals surface area (Å²) in [6.45, 7) is 10.8. The average Bonchev–Trinajstić information content (AvgIpc) is 3.61. The number of fused-ring (bicyclic) bond motifs is 1. The van der Waals surface area contributed by atoms with E-state index in [9.17, 15) is 0 Å². The molecule has 5 aliphatic rings. The van der Waals surface area contributed by atoms with E-state index in [2.05, 4.69) is 70.7 Å². The maximum absolute atomic E-state index is 5.04. The SMILES string of the molecule is C=C(/C(C)=C/C(=N\C)C1=CC(=C2CCC2)N2C=C(N3CCN(C)CC3)C=CC2=N1)C1CC1. The summed E-state index contributed by atoms with van der Waals surface area (Å²) in [4.78, 5) is 16.8. The van der Waals surface area contributed by atoms with Crippen molar-refractivity contribution in [3.05, 3.63) is 70.9 Å². The molecule has 32 heavy (non-hydrogen) atoms. The number of allylic oxidation sites excluding steroid dienone is 6. The number of nitrogens with zero attached hydrogens (tertiary/aromatic N) is 5. The van der Waals surface area contributed by atoms with Crippen LogP contribution in [0.1, 0.15) is 39.0 Å². The van der Waals surface area contributed by atoms with E-state index in [4.69, 9.17) is 4.99 Å². The summed E-state index contributed by atoms with van der Waals surface area (Å²) in [6, 6.07) is 0. The summed E-state index contributed by atoms with van der Waals surface area (Å²) in [7, 11) is 4.07. The Labute approximate surface area is 192 Å². The Morgan fingerprint density at radius 3 is 2.53 bits per heavy atom. The lowest BCUT2D eigenvalue weighted by atomic mass is 9.89. The molecule has 0 amide bonds.